The Labute approximate surface area is 278 Å². The molecule has 0 radical (unpaired) electrons. The summed E-state index contributed by atoms with van der Waals surface area (Å²) in [5.74, 6) is 1.13. The average Bonchev–Trinajstić information content (AvgIpc) is 3.51. The van der Waals surface area contributed by atoms with E-state index in [0.29, 0.717) is 25.3 Å². The van der Waals surface area contributed by atoms with Crippen molar-refractivity contribution in [1.29, 1.82) is 0 Å². The molecule has 2 fully saturated rings. The van der Waals surface area contributed by atoms with E-state index in [-0.39, 0.29) is 41.9 Å². The smallest absolute Gasteiger partial charge is 0.264 e. The molecule has 0 saturated carbocycles. The van der Waals surface area contributed by atoms with Crippen molar-refractivity contribution in [2.45, 2.75) is 63.1 Å². The number of nitrogens with one attached hydrogen (secondary N) is 2. The van der Waals surface area contributed by atoms with Gasteiger partial charge in [0.1, 0.15) is 11.5 Å². The number of fused-ring (bicyclic) bond motifs is 2. The summed E-state index contributed by atoms with van der Waals surface area (Å²) in [6.07, 6.45) is 1.99. The van der Waals surface area contributed by atoms with E-state index in [1.807, 2.05) is 59.5 Å². The van der Waals surface area contributed by atoms with E-state index in [9.17, 15) is 14.7 Å². The van der Waals surface area contributed by atoms with Gasteiger partial charge in [0.15, 0.2) is 5.60 Å². The normalized spacial score (nSPS) is 25.6. The maximum Gasteiger partial charge on any atom is 0.264 e. The predicted octanol–water partition coefficient (Wildman–Crippen LogP) is 4.79. The molecular formula is C37H47N3O6Si. The Morgan fingerprint density at radius 2 is 1.83 bits per heavy atom. The van der Waals surface area contributed by atoms with Gasteiger partial charge >= 0.3 is 0 Å². The first-order chi connectivity index (χ1) is 22.6. The van der Waals surface area contributed by atoms with Crippen LogP contribution < -0.4 is 30.2 Å². The summed E-state index contributed by atoms with van der Waals surface area (Å²) >= 11 is 0. The van der Waals surface area contributed by atoms with Gasteiger partial charge in [-0.2, -0.15) is 0 Å². The van der Waals surface area contributed by atoms with E-state index in [4.69, 9.17) is 14.2 Å². The van der Waals surface area contributed by atoms with E-state index in [1.54, 1.807) is 14.2 Å². The number of ether oxygens (including phenoxy) is 3. The van der Waals surface area contributed by atoms with Crippen LogP contribution in [0.4, 0.5) is 11.4 Å². The second-order valence-electron chi connectivity index (χ2n) is 13.7. The van der Waals surface area contributed by atoms with Crippen molar-refractivity contribution < 1.29 is 28.9 Å². The third kappa shape index (κ3) is 5.97. The summed E-state index contributed by atoms with van der Waals surface area (Å²) in [6.45, 7) is 8.72. The molecule has 0 aliphatic carbocycles. The number of amides is 2. The second-order valence-corrected chi connectivity index (χ2v) is 18.4. The van der Waals surface area contributed by atoms with Crippen LogP contribution >= 0.6 is 0 Å². The number of benzene rings is 3. The van der Waals surface area contributed by atoms with Gasteiger partial charge in [-0.15, -0.1) is 0 Å². The fraction of sp³-hybridized carbons (Fsp3) is 0.459. The average molecular weight is 658 g/mol. The van der Waals surface area contributed by atoms with Crippen LogP contribution in [0, 0.1) is 11.8 Å². The van der Waals surface area contributed by atoms with Crippen LogP contribution in [-0.4, -0.2) is 65.0 Å². The van der Waals surface area contributed by atoms with Crippen LogP contribution in [0.5, 0.6) is 11.5 Å². The summed E-state index contributed by atoms with van der Waals surface area (Å²) in [6, 6.07) is 21.8. The fourth-order valence-electron chi connectivity index (χ4n) is 8.22. The summed E-state index contributed by atoms with van der Waals surface area (Å²) < 4.78 is 18.1. The van der Waals surface area contributed by atoms with Crippen molar-refractivity contribution in [3.8, 4) is 11.5 Å². The number of carbonyl (C=O) groups excluding carboxylic acids is 2. The lowest BCUT2D eigenvalue weighted by Gasteiger charge is -2.37. The number of aliphatic hydroxyl groups excluding tert-OH is 1. The molecule has 47 heavy (non-hydrogen) atoms. The Morgan fingerprint density at radius 1 is 1.09 bits per heavy atom. The van der Waals surface area contributed by atoms with E-state index in [0.717, 1.165) is 47.6 Å². The SMILES string of the molecule is COc1ccc([Si](C)(C)[C@@H]2[C@@H](CCO)O[C@]3(C(=O)N(Cc4cccc(NC(=O)C5CCCNC5)c4)c4ccc(OC)cc43)[C@H]2C)cc1. The molecule has 6 rings (SSSR count). The van der Waals surface area contributed by atoms with E-state index < -0.39 is 13.7 Å². The second kappa shape index (κ2) is 13.4. The molecule has 250 valence electrons. The van der Waals surface area contributed by atoms with Crippen LogP contribution in [0.2, 0.25) is 18.6 Å². The standard InChI is InChI=1S/C37H47N3O6Si/c1-24-34(47(4,5)30-14-11-28(44-2)12-15-30)33(17-19-41)46-37(24)31-21-29(45-3)13-16-32(31)40(36(37)43)23-25-8-6-10-27(20-25)39-35(42)26-9-7-18-38-22-26/h6,8,10-16,20-21,24,26,33-34,38,41H,7,9,17-19,22-23H2,1-5H3,(H,39,42)/t24-,26?,33+,34-,37+/m0/s1. The number of carbonyl (C=O) groups is 2. The molecule has 5 atom stereocenters. The van der Waals surface area contributed by atoms with Crippen LogP contribution in [0.15, 0.2) is 66.7 Å². The van der Waals surface area contributed by atoms with Gasteiger partial charge < -0.3 is 34.9 Å². The molecule has 2 saturated heterocycles. The fourth-order valence-corrected chi connectivity index (χ4v) is 12.3. The number of methoxy groups -OCH3 is 2. The van der Waals surface area contributed by atoms with Crippen molar-refractivity contribution in [2.24, 2.45) is 11.8 Å². The largest absolute Gasteiger partial charge is 0.497 e. The molecule has 3 aliphatic rings. The minimum Gasteiger partial charge on any atom is -0.497 e. The maximum absolute atomic E-state index is 14.9. The first kappa shape index (κ1) is 33.2. The van der Waals surface area contributed by atoms with Crippen LogP contribution in [-0.2, 0) is 26.5 Å². The number of nitrogens with zero attached hydrogens (tertiary/aromatic N) is 1. The molecule has 10 heteroatoms. The summed E-state index contributed by atoms with van der Waals surface area (Å²) in [5, 5.41) is 17.8. The zero-order valence-electron chi connectivity index (χ0n) is 28.0. The molecule has 3 N–H and O–H groups in total. The van der Waals surface area contributed by atoms with Gasteiger partial charge in [0.2, 0.25) is 5.91 Å². The maximum atomic E-state index is 14.9. The van der Waals surface area contributed by atoms with Gasteiger partial charge in [-0.1, -0.05) is 49.5 Å². The highest BCUT2D eigenvalue weighted by Gasteiger charge is 2.66. The molecule has 2 amide bonds. The van der Waals surface area contributed by atoms with E-state index in [2.05, 4.69) is 42.8 Å². The van der Waals surface area contributed by atoms with E-state index >= 15 is 0 Å². The molecule has 3 heterocycles. The van der Waals surface area contributed by atoms with Crippen molar-refractivity contribution in [3.05, 3.63) is 77.9 Å². The molecule has 9 nitrogen and oxygen atoms in total. The number of hydrogen-bond donors (Lipinski definition) is 3. The number of piperidine rings is 1. The Balaban J connectivity index is 1.34. The van der Waals surface area contributed by atoms with Gasteiger partial charge in [0.25, 0.3) is 5.91 Å². The quantitative estimate of drug-likeness (QED) is 0.269. The zero-order chi connectivity index (χ0) is 33.3. The first-order valence-electron chi connectivity index (χ1n) is 16.7. The van der Waals surface area contributed by atoms with Crippen LogP contribution in [0.3, 0.4) is 0 Å². The minimum absolute atomic E-state index is 0.0146. The molecule has 3 aromatic carbocycles. The van der Waals surface area contributed by atoms with Gasteiger partial charge in [-0.25, -0.2) is 0 Å². The molecule has 0 aromatic heterocycles. The van der Waals surface area contributed by atoms with E-state index in [1.165, 1.54) is 5.19 Å². The number of aliphatic hydroxyl groups is 1. The van der Waals surface area contributed by atoms with Crippen LogP contribution in [0.1, 0.15) is 37.3 Å². The zero-order valence-corrected chi connectivity index (χ0v) is 29.0. The summed E-state index contributed by atoms with van der Waals surface area (Å²) in [7, 11) is 1.01. The predicted molar refractivity (Wildman–Crippen MR) is 186 cm³/mol. The lowest BCUT2D eigenvalue weighted by molar-refractivity contribution is -0.146. The summed E-state index contributed by atoms with van der Waals surface area (Å²) in [5.41, 5.74) is 2.02. The Hall–Kier alpha value is -3.70. The third-order valence-electron chi connectivity index (χ3n) is 10.7. The highest BCUT2D eigenvalue weighted by Crippen LogP contribution is 2.60. The Bertz CT molecular complexity index is 1610. The topological polar surface area (TPSA) is 109 Å². The summed E-state index contributed by atoms with van der Waals surface area (Å²) in [4.78, 5) is 29.7. The molecule has 1 spiro atoms. The van der Waals surface area contributed by atoms with Gasteiger partial charge in [-0.05, 0) is 79.4 Å². The minimum atomic E-state index is -2.28. The first-order valence-corrected chi connectivity index (χ1v) is 19.8. The number of anilines is 2. The van der Waals surface area contributed by atoms with Crippen molar-refractivity contribution in [2.75, 3.05) is 44.1 Å². The highest BCUT2D eigenvalue weighted by molar-refractivity contribution is 6.91. The lowest BCUT2D eigenvalue weighted by Crippen LogP contribution is -2.51. The molecular weight excluding hydrogens is 611 g/mol. The van der Waals surface area contributed by atoms with Crippen molar-refractivity contribution >= 4 is 36.4 Å². The van der Waals surface area contributed by atoms with Crippen LogP contribution in [0.25, 0.3) is 0 Å². The van der Waals surface area contributed by atoms with Gasteiger partial charge in [-0.3, -0.25) is 9.59 Å². The third-order valence-corrected chi connectivity index (χ3v) is 15.0. The number of rotatable bonds is 10. The van der Waals surface area contributed by atoms with Gasteiger partial charge in [0.05, 0.1) is 46.5 Å². The molecule has 0 bridgehead atoms. The van der Waals surface area contributed by atoms with Crippen molar-refractivity contribution in [3.63, 3.8) is 0 Å². The molecule has 3 aliphatic heterocycles. The molecule has 3 aromatic rings. The Kier molecular flexibility index (Phi) is 9.49. The van der Waals surface area contributed by atoms with Crippen molar-refractivity contribution in [1.82, 2.24) is 5.32 Å². The van der Waals surface area contributed by atoms with Gasteiger partial charge in [0, 0.05) is 30.3 Å². The monoisotopic (exact) mass is 657 g/mol. The molecule has 1 unspecified atom stereocenters. The lowest BCUT2D eigenvalue weighted by atomic mass is 9.82. The highest BCUT2D eigenvalue weighted by atomic mass is 28.3. The number of hydrogen-bond acceptors (Lipinski definition) is 7. The Morgan fingerprint density at radius 3 is 2.51 bits per heavy atom.